The molecule has 1 rings (SSSR count). The number of carbonyl (C=O) groups excluding carboxylic acids is 1. The molecule has 1 unspecified atom stereocenters. The molecule has 1 atom stereocenters. The second-order valence-corrected chi connectivity index (χ2v) is 5.17. The summed E-state index contributed by atoms with van der Waals surface area (Å²) in [5.74, 6) is -1.67. The number of halogens is 1. The first-order valence-electron chi connectivity index (χ1n) is 4.93. The maximum atomic E-state index is 11.8. The zero-order valence-corrected chi connectivity index (χ0v) is 11.4. The fourth-order valence-corrected chi connectivity index (χ4v) is 1.42. The Labute approximate surface area is 108 Å². The number of rotatable bonds is 2. The van der Waals surface area contributed by atoms with E-state index in [1.165, 1.54) is 12.4 Å². The van der Waals surface area contributed by atoms with E-state index in [9.17, 15) is 4.79 Å². The summed E-state index contributed by atoms with van der Waals surface area (Å²) in [5, 5.41) is 9.00. The summed E-state index contributed by atoms with van der Waals surface area (Å²) in [4.78, 5) is 19.7. The minimum atomic E-state index is -1.06. The molecule has 6 heteroatoms. The fourth-order valence-electron chi connectivity index (χ4n) is 1.10. The number of esters is 1. The Morgan fingerprint density at radius 1 is 1.53 bits per heavy atom. The van der Waals surface area contributed by atoms with Crippen molar-refractivity contribution >= 4 is 21.9 Å². The summed E-state index contributed by atoms with van der Waals surface area (Å²) < 4.78 is 5.61. The quantitative estimate of drug-likeness (QED) is 0.782. The molecule has 1 heterocycles. The monoisotopic (exact) mass is 297 g/mol. The van der Waals surface area contributed by atoms with Crippen molar-refractivity contribution in [3.05, 3.63) is 22.7 Å². The average molecular weight is 298 g/mol. The number of hydrogen-bond donors (Lipinski definition) is 0. The second-order valence-electron chi connectivity index (χ2n) is 4.36. The SMILES string of the molecule is CC(C)(C)OC(=O)C(C#N)c1cncc(Br)n1. The number of carbonyl (C=O) groups is 1. The van der Waals surface area contributed by atoms with Gasteiger partial charge in [0.2, 0.25) is 0 Å². The molecule has 0 fully saturated rings. The van der Waals surface area contributed by atoms with Gasteiger partial charge >= 0.3 is 5.97 Å². The Kier molecular flexibility index (Phi) is 4.18. The number of nitrogens with zero attached hydrogens (tertiary/aromatic N) is 3. The third-order valence-corrected chi connectivity index (χ3v) is 2.07. The zero-order valence-electron chi connectivity index (χ0n) is 9.77. The van der Waals surface area contributed by atoms with Crippen LogP contribution < -0.4 is 0 Å². The molecule has 0 amide bonds. The Morgan fingerprint density at radius 2 is 2.18 bits per heavy atom. The Balaban J connectivity index is 2.94. The maximum Gasteiger partial charge on any atom is 0.330 e. The molecular formula is C11H12BrN3O2. The molecule has 0 bridgehead atoms. The van der Waals surface area contributed by atoms with Crippen molar-refractivity contribution in [2.75, 3.05) is 0 Å². The number of aromatic nitrogens is 2. The molecule has 0 saturated carbocycles. The van der Waals surface area contributed by atoms with Gasteiger partial charge in [-0.05, 0) is 36.7 Å². The van der Waals surface area contributed by atoms with Crippen molar-refractivity contribution in [3.8, 4) is 6.07 Å². The smallest absolute Gasteiger partial charge is 0.330 e. The highest BCUT2D eigenvalue weighted by atomic mass is 79.9. The lowest BCUT2D eigenvalue weighted by Crippen LogP contribution is -2.27. The van der Waals surface area contributed by atoms with Crippen molar-refractivity contribution in [3.63, 3.8) is 0 Å². The molecular weight excluding hydrogens is 286 g/mol. The predicted octanol–water partition coefficient (Wildman–Crippen LogP) is 2.19. The highest BCUT2D eigenvalue weighted by molar-refractivity contribution is 9.10. The summed E-state index contributed by atoms with van der Waals surface area (Å²) in [5.41, 5.74) is -0.359. The van der Waals surface area contributed by atoms with Gasteiger partial charge in [0.25, 0.3) is 0 Å². The van der Waals surface area contributed by atoms with Gasteiger partial charge in [0.15, 0.2) is 5.92 Å². The summed E-state index contributed by atoms with van der Waals surface area (Å²) in [6, 6.07) is 1.87. The molecule has 0 saturated heterocycles. The number of ether oxygens (including phenoxy) is 1. The first-order chi connectivity index (χ1) is 7.83. The van der Waals surface area contributed by atoms with Crippen LogP contribution in [0.15, 0.2) is 17.0 Å². The van der Waals surface area contributed by atoms with Crippen molar-refractivity contribution in [2.24, 2.45) is 0 Å². The predicted molar refractivity (Wildman–Crippen MR) is 63.9 cm³/mol. The highest BCUT2D eigenvalue weighted by Gasteiger charge is 2.28. The molecule has 0 spiro atoms. The van der Waals surface area contributed by atoms with Gasteiger partial charge in [-0.1, -0.05) is 0 Å². The molecule has 0 radical (unpaired) electrons. The molecule has 90 valence electrons. The Morgan fingerprint density at radius 3 is 2.65 bits per heavy atom. The van der Waals surface area contributed by atoms with Crippen LogP contribution in [0.1, 0.15) is 32.4 Å². The van der Waals surface area contributed by atoms with Crippen LogP contribution in [-0.2, 0) is 9.53 Å². The third kappa shape index (κ3) is 4.11. The van der Waals surface area contributed by atoms with Crippen LogP contribution in [-0.4, -0.2) is 21.5 Å². The lowest BCUT2D eigenvalue weighted by atomic mass is 10.1. The van der Waals surface area contributed by atoms with E-state index < -0.39 is 17.5 Å². The molecule has 5 nitrogen and oxygen atoms in total. The minimum Gasteiger partial charge on any atom is -0.459 e. The van der Waals surface area contributed by atoms with E-state index in [0.717, 1.165) is 0 Å². The topological polar surface area (TPSA) is 75.9 Å². The standard InChI is InChI=1S/C11H12BrN3O2/c1-11(2,3)17-10(16)7(4-13)8-5-14-6-9(12)15-8/h5-7H,1-3H3. The van der Waals surface area contributed by atoms with Crippen LogP contribution in [0.5, 0.6) is 0 Å². The molecule has 0 aromatic carbocycles. The van der Waals surface area contributed by atoms with Crippen LogP contribution in [0.4, 0.5) is 0 Å². The van der Waals surface area contributed by atoms with Gasteiger partial charge in [-0.3, -0.25) is 9.78 Å². The Hall–Kier alpha value is -1.48. The van der Waals surface area contributed by atoms with Gasteiger partial charge in [0, 0.05) is 0 Å². The van der Waals surface area contributed by atoms with Gasteiger partial charge < -0.3 is 4.74 Å². The lowest BCUT2D eigenvalue weighted by Gasteiger charge is -2.21. The first-order valence-corrected chi connectivity index (χ1v) is 5.72. The normalized spacial score (nSPS) is 12.6. The van der Waals surface area contributed by atoms with E-state index in [0.29, 0.717) is 4.60 Å². The van der Waals surface area contributed by atoms with Crippen LogP contribution >= 0.6 is 15.9 Å². The second kappa shape index (κ2) is 5.23. The van der Waals surface area contributed by atoms with E-state index in [4.69, 9.17) is 10.00 Å². The number of hydrogen-bond acceptors (Lipinski definition) is 5. The largest absolute Gasteiger partial charge is 0.459 e. The van der Waals surface area contributed by atoms with Crippen molar-refractivity contribution in [1.82, 2.24) is 9.97 Å². The van der Waals surface area contributed by atoms with Crippen LogP contribution in [0.3, 0.4) is 0 Å². The maximum absolute atomic E-state index is 11.8. The molecule has 0 aliphatic carbocycles. The fraction of sp³-hybridized carbons (Fsp3) is 0.455. The van der Waals surface area contributed by atoms with Crippen molar-refractivity contribution in [2.45, 2.75) is 32.3 Å². The summed E-state index contributed by atoms with van der Waals surface area (Å²) in [6.45, 7) is 5.23. The molecule has 17 heavy (non-hydrogen) atoms. The van der Waals surface area contributed by atoms with Gasteiger partial charge in [-0.15, -0.1) is 0 Å². The molecule has 0 aliphatic rings. The molecule has 1 aromatic rings. The van der Waals surface area contributed by atoms with Crippen LogP contribution in [0.25, 0.3) is 0 Å². The van der Waals surface area contributed by atoms with E-state index in [1.54, 1.807) is 20.8 Å². The third-order valence-electron chi connectivity index (χ3n) is 1.69. The first kappa shape index (κ1) is 13.6. The molecule has 0 N–H and O–H groups in total. The van der Waals surface area contributed by atoms with Gasteiger partial charge in [0.05, 0.1) is 24.2 Å². The van der Waals surface area contributed by atoms with Crippen LogP contribution in [0.2, 0.25) is 0 Å². The van der Waals surface area contributed by atoms with Crippen molar-refractivity contribution < 1.29 is 9.53 Å². The Bertz CT molecular complexity index is 463. The summed E-state index contributed by atoms with van der Waals surface area (Å²) >= 11 is 3.14. The van der Waals surface area contributed by atoms with E-state index >= 15 is 0 Å². The average Bonchev–Trinajstić information content (AvgIpc) is 2.15. The summed E-state index contributed by atoms with van der Waals surface area (Å²) in [7, 11) is 0. The number of nitriles is 1. The van der Waals surface area contributed by atoms with Gasteiger partial charge in [-0.2, -0.15) is 5.26 Å². The summed E-state index contributed by atoms with van der Waals surface area (Å²) in [6.07, 6.45) is 2.86. The van der Waals surface area contributed by atoms with E-state index in [2.05, 4.69) is 25.9 Å². The highest BCUT2D eigenvalue weighted by Crippen LogP contribution is 2.19. The zero-order chi connectivity index (χ0) is 13.1. The lowest BCUT2D eigenvalue weighted by molar-refractivity contribution is -0.155. The van der Waals surface area contributed by atoms with Gasteiger partial charge in [0.1, 0.15) is 10.2 Å². The molecule has 1 aromatic heterocycles. The van der Waals surface area contributed by atoms with E-state index in [-0.39, 0.29) is 5.69 Å². The van der Waals surface area contributed by atoms with Crippen LogP contribution in [0, 0.1) is 11.3 Å². The molecule has 0 aliphatic heterocycles. The van der Waals surface area contributed by atoms with E-state index in [1.807, 2.05) is 6.07 Å². The van der Waals surface area contributed by atoms with Gasteiger partial charge in [-0.25, -0.2) is 4.98 Å². The minimum absolute atomic E-state index is 0.274. The van der Waals surface area contributed by atoms with Crippen molar-refractivity contribution in [1.29, 1.82) is 5.26 Å².